The van der Waals surface area contributed by atoms with Gasteiger partial charge in [-0.05, 0) is 30.8 Å². The minimum Gasteiger partial charge on any atom is -0.381 e. The Kier molecular flexibility index (Phi) is 7.66. The molecule has 0 aromatic rings. The van der Waals surface area contributed by atoms with E-state index in [4.69, 9.17) is 16.9 Å². The third-order valence-electron chi connectivity index (χ3n) is 4.33. The number of nitrogens with one attached hydrogen (secondary N) is 1. The Bertz CT molecular complexity index is 583. The maximum Gasteiger partial charge on any atom is 0.291 e. The molecule has 0 aromatic heterocycles. The summed E-state index contributed by atoms with van der Waals surface area (Å²) >= 11 is 0. The number of hydrogen-bond acceptors (Lipinski definition) is 3. The molecule has 1 saturated carbocycles. The van der Waals surface area contributed by atoms with E-state index in [0.29, 0.717) is 6.42 Å². The highest BCUT2D eigenvalue weighted by Crippen LogP contribution is 2.50. The van der Waals surface area contributed by atoms with E-state index >= 15 is 0 Å². The monoisotopic (exact) mass is 380 g/mol. The van der Waals surface area contributed by atoms with Crippen molar-refractivity contribution in [3.8, 4) is 12.3 Å². The number of halogens is 5. The van der Waals surface area contributed by atoms with Gasteiger partial charge in [0, 0.05) is 18.8 Å². The van der Waals surface area contributed by atoms with E-state index in [1.165, 1.54) is 6.92 Å². The lowest BCUT2D eigenvalue weighted by Gasteiger charge is -2.21. The molecule has 1 aliphatic rings. The molecule has 0 spiro atoms. The van der Waals surface area contributed by atoms with E-state index in [9.17, 15) is 22.0 Å². The first-order valence-electron chi connectivity index (χ1n) is 8.32. The summed E-state index contributed by atoms with van der Waals surface area (Å²) in [7, 11) is 0. The highest BCUT2D eigenvalue weighted by Gasteiger charge is 2.46. The van der Waals surface area contributed by atoms with E-state index in [0.717, 1.165) is 6.92 Å². The zero-order valence-corrected chi connectivity index (χ0v) is 14.9. The quantitative estimate of drug-likeness (QED) is 0.247. The van der Waals surface area contributed by atoms with Crippen molar-refractivity contribution in [2.45, 2.75) is 51.2 Å². The maximum atomic E-state index is 13.9. The highest BCUT2D eigenvalue weighted by molar-refractivity contribution is 5.29. The van der Waals surface area contributed by atoms with Gasteiger partial charge < -0.3 is 15.8 Å². The molecule has 0 amide bonds. The van der Waals surface area contributed by atoms with Gasteiger partial charge in [0.1, 0.15) is 12.8 Å². The van der Waals surface area contributed by atoms with Gasteiger partial charge >= 0.3 is 0 Å². The lowest BCUT2D eigenvalue weighted by atomic mass is 10.1. The van der Waals surface area contributed by atoms with Crippen LogP contribution >= 0.6 is 0 Å². The molecule has 1 fully saturated rings. The fourth-order valence-electron chi connectivity index (χ4n) is 2.41. The Hall–Kier alpha value is -1.59. The molecule has 26 heavy (non-hydrogen) atoms. The topological polar surface area (TPSA) is 47.3 Å². The molecule has 3 N–H and O–H groups in total. The van der Waals surface area contributed by atoms with Gasteiger partial charge in [-0.3, -0.25) is 0 Å². The van der Waals surface area contributed by atoms with Gasteiger partial charge in [-0.25, -0.2) is 8.78 Å². The fourth-order valence-corrected chi connectivity index (χ4v) is 2.41. The van der Waals surface area contributed by atoms with Crippen molar-refractivity contribution >= 4 is 0 Å². The standard InChI is InChI=1S/C18H25F5N2O/c1-5-14(19)16(13-7-12(13)8-17(20,21)6-2)25-9-15(24)26-10-18(22,23)11(3)4/h1,12-13,15,25H,3,6-10,24H2,2,4H3/b16-14+. The van der Waals surface area contributed by atoms with Crippen LogP contribution in [0.4, 0.5) is 22.0 Å². The molecule has 1 aliphatic carbocycles. The van der Waals surface area contributed by atoms with Crippen LogP contribution in [0.2, 0.25) is 0 Å². The second-order valence-corrected chi connectivity index (χ2v) is 6.60. The summed E-state index contributed by atoms with van der Waals surface area (Å²) in [5.74, 6) is -5.98. The largest absolute Gasteiger partial charge is 0.381 e. The Morgan fingerprint density at radius 1 is 1.42 bits per heavy atom. The molecule has 1 rings (SSSR count). The zero-order chi connectivity index (χ0) is 20.1. The first kappa shape index (κ1) is 22.5. The fraction of sp³-hybridized carbons (Fsp3) is 0.667. The molecule has 3 nitrogen and oxygen atoms in total. The number of nitrogens with two attached hydrogens (primary N) is 1. The van der Waals surface area contributed by atoms with E-state index < -0.39 is 42.3 Å². The van der Waals surface area contributed by atoms with E-state index in [-0.39, 0.29) is 30.7 Å². The predicted octanol–water partition coefficient (Wildman–Crippen LogP) is 3.97. The number of hydrogen-bond donors (Lipinski definition) is 2. The van der Waals surface area contributed by atoms with Crippen LogP contribution in [0, 0.1) is 24.2 Å². The van der Waals surface area contributed by atoms with Crippen molar-refractivity contribution in [1.82, 2.24) is 5.32 Å². The van der Waals surface area contributed by atoms with Crippen LogP contribution in [-0.2, 0) is 4.74 Å². The minimum absolute atomic E-state index is 0.00452. The Morgan fingerprint density at radius 3 is 2.54 bits per heavy atom. The van der Waals surface area contributed by atoms with Gasteiger partial charge in [0.2, 0.25) is 5.92 Å². The second-order valence-electron chi connectivity index (χ2n) is 6.60. The van der Waals surface area contributed by atoms with Crippen molar-refractivity contribution < 1.29 is 26.7 Å². The Morgan fingerprint density at radius 2 is 2.04 bits per heavy atom. The molecule has 0 aromatic carbocycles. The lowest BCUT2D eigenvalue weighted by Crippen LogP contribution is -2.39. The summed E-state index contributed by atoms with van der Waals surface area (Å²) in [6, 6.07) is 0. The molecular formula is C18H25F5N2O. The molecule has 0 radical (unpaired) electrons. The average molecular weight is 380 g/mol. The second kappa shape index (κ2) is 8.87. The van der Waals surface area contributed by atoms with Crippen LogP contribution in [0.25, 0.3) is 0 Å². The maximum absolute atomic E-state index is 13.9. The van der Waals surface area contributed by atoms with E-state index in [1.807, 2.05) is 5.92 Å². The van der Waals surface area contributed by atoms with Crippen molar-refractivity contribution in [3.63, 3.8) is 0 Å². The van der Waals surface area contributed by atoms with Crippen LogP contribution in [0.1, 0.15) is 33.1 Å². The molecule has 0 aliphatic heterocycles. The van der Waals surface area contributed by atoms with Gasteiger partial charge in [0.15, 0.2) is 5.83 Å². The van der Waals surface area contributed by atoms with Crippen LogP contribution in [0.5, 0.6) is 0 Å². The molecule has 0 bridgehead atoms. The summed E-state index contributed by atoms with van der Waals surface area (Å²) in [5, 5.41) is 2.63. The van der Waals surface area contributed by atoms with Gasteiger partial charge in [0.25, 0.3) is 5.92 Å². The molecule has 8 heteroatoms. The molecule has 3 unspecified atom stereocenters. The highest BCUT2D eigenvalue weighted by atomic mass is 19.3. The normalized spacial score (nSPS) is 22.3. The number of allylic oxidation sites excluding steroid dienone is 2. The predicted molar refractivity (Wildman–Crippen MR) is 90.1 cm³/mol. The molecule has 148 valence electrons. The van der Waals surface area contributed by atoms with Crippen molar-refractivity contribution in [1.29, 1.82) is 0 Å². The summed E-state index contributed by atoms with van der Waals surface area (Å²) in [6.07, 6.45) is 3.61. The minimum atomic E-state index is -3.23. The van der Waals surface area contributed by atoms with Crippen molar-refractivity contribution in [3.05, 3.63) is 23.7 Å². The first-order valence-corrected chi connectivity index (χ1v) is 8.32. The summed E-state index contributed by atoms with van der Waals surface area (Å²) in [5.41, 5.74) is 5.21. The average Bonchev–Trinajstić information content (AvgIpc) is 3.30. The van der Waals surface area contributed by atoms with Crippen molar-refractivity contribution in [2.75, 3.05) is 13.2 Å². The van der Waals surface area contributed by atoms with Gasteiger partial charge in [-0.1, -0.05) is 13.5 Å². The lowest BCUT2D eigenvalue weighted by molar-refractivity contribution is -0.0728. The summed E-state index contributed by atoms with van der Waals surface area (Å²) < 4.78 is 72.5. The van der Waals surface area contributed by atoms with Gasteiger partial charge in [-0.15, -0.1) is 6.42 Å². The Balaban J connectivity index is 2.59. The van der Waals surface area contributed by atoms with Crippen LogP contribution in [0.15, 0.2) is 23.7 Å². The molecule has 0 heterocycles. The number of rotatable bonds is 11. The molecule has 0 saturated heterocycles. The summed E-state index contributed by atoms with van der Waals surface area (Å²) in [6.45, 7) is 4.55. The van der Waals surface area contributed by atoms with Crippen LogP contribution < -0.4 is 11.1 Å². The number of ether oxygens (including phenoxy) is 1. The first-order chi connectivity index (χ1) is 11.9. The van der Waals surface area contributed by atoms with Crippen LogP contribution in [0.3, 0.4) is 0 Å². The number of alkyl halides is 4. The smallest absolute Gasteiger partial charge is 0.291 e. The van der Waals surface area contributed by atoms with E-state index in [1.54, 1.807) is 0 Å². The molecular weight excluding hydrogens is 355 g/mol. The van der Waals surface area contributed by atoms with Gasteiger partial charge in [-0.2, -0.15) is 13.2 Å². The van der Waals surface area contributed by atoms with Crippen LogP contribution in [-0.4, -0.2) is 31.2 Å². The van der Waals surface area contributed by atoms with Crippen molar-refractivity contribution in [2.24, 2.45) is 17.6 Å². The summed E-state index contributed by atoms with van der Waals surface area (Å²) in [4.78, 5) is 0. The third kappa shape index (κ3) is 6.61. The molecule has 3 atom stereocenters. The van der Waals surface area contributed by atoms with E-state index in [2.05, 4.69) is 11.9 Å². The van der Waals surface area contributed by atoms with Gasteiger partial charge in [0.05, 0.1) is 12.2 Å². The number of terminal acetylenes is 1. The SMILES string of the molecule is C#C/C(F)=C(\NCC(N)OCC(F)(F)C(=C)C)C1CC1CC(F)(F)CC. The third-order valence-corrected chi connectivity index (χ3v) is 4.33. The Labute approximate surface area is 150 Å². The zero-order valence-electron chi connectivity index (χ0n) is 14.9.